The molecule has 2 fully saturated rings. The monoisotopic (exact) mass is 391 g/mol. The minimum absolute atomic E-state index is 0.0910. The predicted molar refractivity (Wildman–Crippen MR) is 101 cm³/mol. The van der Waals surface area contributed by atoms with Gasteiger partial charge >= 0.3 is 5.97 Å². The van der Waals surface area contributed by atoms with Gasteiger partial charge in [-0.05, 0) is 31.9 Å². The maximum absolute atomic E-state index is 12.9. The van der Waals surface area contributed by atoms with Crippen LogP contribution in [0.25, 0.3) is 0 Å². The van der Waals surface area contributed by atoms with Crippen molar-refractivity contribution in [3.63, 3.8) is 0 Å². The van der Waals surface area contributed by atoms with E-state index in [4.69, 9.17) is 9.47 Å². The summed E-state index contributed by atoms with van der Waals surface area (Å²) < 4.78 is 10.4. The van der Waals surface area contributed by atoms with Gasteiger partial charge in [0.05, 0.1) is 30.7 Å². The highest BCUT2D eigenvalue weighted by Crippen LogP contribution is 2.31. The van der Waals surface area contributed by atoms with Gasteiger partial charge in [-0.15, -0.1) is 0 Å². The van der Waals surface area contributed by atoms with Crippen LogP contribution in [0.15, 0.2) is 18.2 Å². The number of piperidine rings is 1. The van der Waals surface area contributed by atoms with E-state index in [0.29, 0.717) is 58.0 Å². The third-order valence-corrected chi connectivity index (χ3v) is 5.10. The highest BCUT2D eigenvalue weighted by Gasteiger charge is 2.31. The fraction of sp³-hybridized carbons (Fsp3) is 0.579. The number of carbonyl (C=O) groups is 2. The zero-order chi connectivity index (χ0) is 20.1. The van der Waals surface area contributed by atoms with Crippen molar-refractivity contribution in [1.29, 1.82) is 0 Å². The van der Waals surface area contributed by atoms with Crippen molar-refractivity contribution in [2.45, 2.75) is 19.8 Å². The molecule has 0 bridgehead atoms. The first-order chi connectivity index (χ1) is 13.5. The Kier molecular flexibility index (Phi) is 6.45. The molecule has 0 saturated carbocycles. The SMILES string of the molecule is CCOC(=O)C1CCCN(C(=O)c2ccc(N3CCOCC3)c([N+](=O)[O-])c2)C1. The standard InChI is InChI=1S/C19H25N3O6/c1-2-28-19(24)15-4-3-7-21(13-15)18(23)14-5-6-16(17(12-14)22(25)26)20-8-10-27-11-9-20/h5-6,12,15H,2-4,7-11,13H2,1H3. The lowest BCUT2D eigenvalue weighted by atomic mass is 9.97. The summed E-state index contributed by atoms with van der Waals surface area (Å²) in [5.74, 6) is -0.945. The number of hydrogen-bond acceptors (Lipinski definition) is 7. The molecule has 1 aromatic rings. The van der Waals surface area contributed by atoms with Gasteiger partial charge in [0.15, 0.2) is 0 Å². The first-order valence-corrected chi connectivity index (χ1v) is 9.58. The molecule has 1 atom stereocenters. The van der Waals surface area contributed by atoms with Crippen LogP contribution in [-0.4, -0.2) is 67.7 Å². The highest BCUT2D eigenvalue weighted by molar-refractivity contribution is 5.96. The molecule has 3 rings (SSSR count). The Hall–Kier alpha value is -2.68. The lowest BCUT2D eigenvalue weighted by Gasteiger charge is -2.32. The van der Waals surface area contributed by atoms with E-state index in [0.717, 1.165) is 0 Å². The Morgan fingerprint density at radius 1 is 1.29 bits per heavy atom. The van der Waals surface area contributed by atoms with Crippen LogP contribution in [0.2, 0.25) is 0 Å². The van der Waals surface area contributed by atoms with Gasteiger partial charge in [-0.1, -0.05) is 0 Å². The number of ether oxygens (including phenoxy) is 2. The molecule has 28 heavy (non-hydrogen) atoms. The van der Waals surface area contributed by atoms with E-state index in [1.807, 2.05) is 4.90 Å². The van der Waals surface area contributed by atoms with E-state index in [-0.39, 0.29) is 35.6 Å². The van der Waals surface area contributed by atoms with Crippen LogP contribution in [0.4, 0.5) is 11.4 Å². The summed E-state index contributed by atoms with van der Waals surface area (Å²) in [6.07, 6.45) is 1.38. The number of nitro benzene ring substituents is 1. The number of esters is 1. The summed E-state index contributed by atoms with van der Waals surface area (Å²) in [6.45, 7) is 5.02. The van der Waals surface area contributed by atoms with Crippen LogP contribution in [0.3, 0.4) is 0 Å². The van der Waals surface area contributed by atoms with Gasteiger partial charge in [0.1, 0.15) is 5.69 Å². The number of carbonyl (C=O) groups excluding carboxylic acids is 2. The van der Waals surface area contributed by atoms with E-state index in [1.165, 1.54) is 6.07 Å². The van der Waals surface area contributed by atoms with Crippen molar-refractivity contribution < 1.29 is 24.0 Å². The van der Waals surface area contributed by atoms with Crippen LogP contribution in [0.5, 0.6) is 0 Å². The third kappa shape index (κ3) is 4.41. The summed E-state index contributed by atoms with van der Waals surface area (Å²) >= 11 is 0. The number of amides is 1. The lowest BCUT2D eigenvalue weighted by Crippen LogP contribution is -2.42. The van der Waals surface area contributed by atoms with Crippen molar-refractivity contribution in [3.8, 4) is 0 Å². The zero-order valence-electron chi connectivity index (χ0n) is 16.0. The van der Waals surface area contributed by atoms with E-state index in [9.17, 15) is 19.7 Å². The van der Waals surface area contributed by atoms with Gasteiger partial charge in [0.2, 0.25) is 0 Å². The molecule has 0 aromatic heterocycles. The lowest BCUT2D eigenvalue weighted by molar-refractivity contribution is -0.384. The first-order valence-electron chi connectivity index (χ1n) is 9.58. The average Bonchev–Trinajstić information content (AvgIpc) is 2.73. The van der Waals surface area contributed by atoms with Crippen LogP contribution in [0.1, 0.15) is 30.1 Å². The van der Waals surface area contributed by atoms with Crippen molar-refractivity contribution in [3.05, 3.63) is 33.9 Å². The number of nitro groups is 1. The average molecular weight is 391 g/mol. The Morgan fingerprint density at radius 3 is 2.71 bits per heavy atom. The van der Waals surface area contributed by atoms with E-state index in [1.54, 1.807) is 24.0 Å². The van der Waals surface area contributed by atoms with E-state index in [2.05, 4.69) is 0 Å². The Morgan fingerprint density at radius 2 is 2.04 bits per heavy atom. The summed E-state index contributed by atoms with van der Waals surface area (Å²) in [7, 11) is 0. The third-order valence-electron chi connectivity index (χ3n) is 5.10. The molecule has 2 aliphatic heterocycles. The number of likely N-dealkylation sites (tertiary alicyclic amines) is 1. The molecule has 0 N–H and O–H groups in total. The number of rotatable bonds is 5. The molecular weight excluding hydrogens is 366 g/mol. The van der Waals surface area contributed by atoms with Gasteiger partial charge in [0.25, 0.3) is 11.6 Å². The number of benzene rings is 1. The molecule has 0 spiro atoms. The molecule has 2 aliphatic rings. The topological polar surface area (TPSA) is 102 Å². The Labute approximate surface area is 163 Å². The number of hydrogen-bond donors (Lipinski definition) is 0. The maximum atomic E-state index is 12.9. The van der Waals surface area contributed by atoms with E-state index < -0.39 is 4.92 Å². The van der Waals surface area contributed by atoms with Gasteiger partial charge in [-0.25, -0.2) is 0 Å². The second kappa shape index (κ2) is 9.01. The van der Waals surface area contributed by atoms with Crippen molar-refractivity contribution in [2.75, 3.05) is 50.9 Å². The van der Waals surface area contributed by atoms with Gasteiger partial charge in [0, 0.05) is 37.8 Å². The summed E-state index contributed by atoms with van der Waals surface area (Å²) in [5, 5.41) is 11.6. The molecule has 152 valence electrons. The molecule has 2 heterocycles. The minimum Gasteiger partial charge on any atom is -0.466 e. The molecular formula is C19H25N3O6. The fourth-order valence-corrected chi connectivity index (χ4v) is 3.67. The largest absolute Gasteiger partial charge is 0.466 e. The normalized spacial score (nSPS) is 20.0. The Balaban J connectivity index is 1.78. The molecule has 1 amide bonds. The molecule has 0 aliphatic carbocycles. The summed E-state index contributed by atoms with van der Waals surface area (Å²) in [4.78, 5) is 39.5. The van der Waals surface area contributed by atoms with E-state index >= 15 is 0 Å². The molecule has 1 unspecified atom stereocenters. The number of nitrogens with zero attached hydrogens (tertiary/aromatic N) is 3. The molecule has 0 radical (unpaired) electrons. The number of anilines is 1. The smallest absolute Gasteiger partial charge is 0.310 e. The van der Waals surface area contributed by atoms with Crippen molar-refractivity contribution in [1.82, 2.24) is 4.90 Å². The second-order valence-electron chi connectivity index (χ2n) is 6.90. The van der Waals surface area contributed by atoms with Crippen LogP contribution in [0, 0.1) is 16.0 Å². The first kappa shape index (κ1) is 20.1. The van der Waals surface area contributed by atoms with Gasteiger partial charge in [-0.2, -0.15) is 0 Å². The Bertz CT molecular complexity index is 747. The van der Waals surface area contributed by atoms with Gasteiger partial charge < -0.3 is 19.3 Å². The quantitative estimate of drug-likeness (QED) is 0.429. The molecule has 1 aromatic carbocycles. The van der Waals surface area contributed by atoms with Gasteiger partial charge in [-0.3, -0.25) is 19.7 Å². The second-order valence-corrected chi connectivity index (χ2v) is 6.90. The zero-order valence-corrected chi connectivity index (χ0v) is 16.0. The van der Waals surface area contributed by atoms with Crippen molar-refractivity contribution >= 4 is 23.3 Å². The molecule has 2 saturated heterocycles. The highest BCUT2D eigenvalue weighted by atomic mass is 16.6. The van der Waals surface area contributed by atoms with Crippen molar-refractivity contribution in [2.24, 2.45) is 5.92 Å². The maximum Gasteiger partial charge on any atom is 0.310 e. The minimum atomic E-state index is -0.459. The summed E-state index contributed by atoms with van der Waals surface area (Å²) in [6, 6.07) is 4.58. The fourth-order valence-electron chi connectivity index (χ4n) is 3.67. The molecule has 9 heteroatoms. The summed E-state index contributed by atoms with van der Waals surface area (Å²) in [5.41, 5.74) is 0.660. The van der Waals surface area contributed by atoms with Crippen LogP contribution in [-0.2, 0) is 14.3 Å². The number of morpholine rings is 1. The predicted octanol–water partition coefficient (Wildman–Crippen LogP) is 1.85. The van der Waals surface area contributed by atoms with Crippen LogP contribution < -0.4 is 4.90 Å². The molecule has 9 nitrogen and oxygen atoms in total. The van der Waals surface area contributed by atoms with Crippen LogP contribution >= 0.6 is 0 Å².